The molecule has 0 saturated heterocycles. The Morgan fingerprint density at radius 3 is 2.27 bits per heavy atom. The molecule has 4 rings (SSSR count). The van der Waals surface area contributed by atoms with Crippen molar-refractivity contribution in [3.63, 3.8) is 0 Å². The third kappa shape index (κ3) is 4.35. The first-order valence-corrected chi connectivity index (χ1v) is 10.0. The van der Waals surface area contributed by atoms with Gasteiger partial charge in [-0.1, -0.05) is 60.7 Å². The molecule has 1 heterocycles. The number of carboxylic acid groups (broad SMARTS) is 1. The number of fused-ring (bicyclic) bond motifs is 1. The lowest BCUT2D eigenvalue weighted by molar-refractivity contribution is -0.126. The number of aromatic carboxylic acids is 1. The highest BCUT2D eigenvalue weighted by molar-refractivity contribution is 6.01. The molecule has 152 valence electrons. The van der Waals surface area contributed by atoms with Crippen LogP contribution in [-0.4, -0.2) is 29.6 Å². The summed E-state index contributed by atoms with van der Waals surface area (Å²) in [6.07, 6.45) is 1.41. The first kappa shape index (κ1) is 19.7. The summed E-state index contributed by atoms with van der Waals surface area (Å²) in [7, 11) is 0. The zero-order valence-corrected chi connectivity index (χ0v) is 16.5. The van der Waals surface area contributed by atoms with Gasteiger partial charge >= 0.3 is 5.97 Å². The van der Waals surface area contributed by atoms with Crippen LogP contribution in [0.4, 0.5) is 5.69 Å². The number of hydrogen-bond donors (Lipinski definition) is 1. The molecule has 0 aliphatic carbocycles. The number of nitrogens with zero attached hydrogens (tertiary/aromatic N) is 1. The van der Waals surface area contributed by atoms with Crippen molar-refractivity contribution in [3.05, 3.63) is 95.6 Å². The Balaban J connectivity index is 1.57. The van der Waals surface area contributed by atoms with Crippen molar-refractivity contribution in [2.75, 3.05) is 11.4 Å². The molecule has 0 fully saturated rings. The normalized spacial score (nSPS) is 15.4. The van der Waals surface area contributed by atoms with E-state index in [-0.39, 0.29) is 11.5 Å². The Hall–Kier alpha value is -3.60. The fourth-order valence-corrected chi connectivity index (χ4v) is 3.73. The van der Waals surface area contributed by atoms with Crippen LogP contribution in [0, 0.1) is 0 Å². The van der Waals surface area contributed by atoms with E-state index in [0.29, 0.717) is 24.4 Å². The van der Waals surface area contributed by atoms with E-state index < -0.39 is 12.1 Å². The zero-order chi connectivity index (χ0) is 20.9. The number of aryl methyl sites for hydroxylation is 1. The Labute approximate surface area is 175 Å². The number of ether oxygens (including phenoxy) is 1. The first-order chi connectivity index (χ1) is 14.6. The predicted molar refractivity (Wildman–Crippen MR) is 115 cm³/mol. The molecule has 1 N–H and O–H groups in total. The minimum absolute atomic E-state index is 0.0949. The van der Waals surface area contributed by atoms with E-state index in [1.54, 1.807) is 11.0 Å². The Morgan fingerprint density at radius 2 is 1.60 bits per heavy atom. The van der Waals surface area contributed by atoms with Crippen molar-refractivity contribution in [1.29, 1.82) is 0 Å². The van der Waals surface area contributed by atoms with Gasteiger partial charge in [0.05, 0.1) is 11.3 Å². The molecule has 0 spiro atoms. The third-order valence-electron chi connectivity index (χ3n) is 5.26. The Morgan fingerprint density at radius 1 is 0.933 bits per heavy atom. The summed E-state index contributed by atoms with van der Waals surface area (Å²) in [5, 5.41) is 9.34. The maximum absolute atomic E-state index is 13.2. The van der Waals surface area contributed by atoms with E-state index in [0.717, 1.165) is 18.4 Å². The van der Waals surface area contributed by atoms with Crippen LogP contribution in [-0.2, 0) is 17.6 Å². The maximum Gasteiger partial charge on any atom is 0.335 e. The van der Waals surface area contributed by atoms with Crippen LogP contribution < -0.4 is 9.64 Å². The Kier molecular flexibility index (Phi) is 5.80. The fraction of sp³-hybridized carbons (Fsp3) is 0.200. The standard InChI is InChI=1S/C25H23NO4/c27-24-23(16-19-10-5-2-6-11-19)30-22-17-20(25(28)29)13-14-21(22)26(24)15-7-12-18-8-3-1-4-9-18/h1-6,8-11,13-14,17,23H,7,12,15-16H2,(H,28,29). The van der Waals surface area contributed by atoms with Gasteiger partial charge in [-0.25, -0.2) is 4.79 Å². The summed E-state index contributed by atoms with van der Waals surface area (Å²) < 4.78 is 5.98. The average molecular weight is 401 g/mol. The van der Waals surface area contributed by atoms with Crippen LogP contribution >= 0.6 is 0 Å². The number of benzene rings is 3. The van der Waals surface area contributed by atoms with Crippen molar-refractivity contribution in [3.8, 4) is 5.75 Å². The van der Waals surface area contributed by atoms with Crippen LogP contribution in [0.1, 0.15) is 27.9 Å². The summed E-state index contributed by atoms with van der Waals surface area (Å²) in [5.74, 6) is -0.675. The molecule has 30 heavy (non-hydrogen) atoms. The molecule has 1 aliphatic rings. The molecule has 0 aromatic heterocycles. The van der Waals surface area contributed by atoms with Crippen LogP contribution in [0.3, 0.4) is 0 Å². The van der Waals surface area contributed by atoms with E-state index in [9.17, 15) is 14.7 Å². The first-order valence-electron chi connectivity index (χ1n) is 10.0. The van der Waals surface area contributed by atoms with Crippen molar-refractivity contribution in [1.82, 2.24) is 0 Å². The lowest BCUT2D eigenvalue weighted by Gasteiger charge is -2.34. The zero-order valence-electron chi connectivity index (χ0n) is 16.5. The molecule has 3 aromatic rings. The monoisotopic (exact) mass is 401 g/mol. The lowest BCUT2D eigenvalue weighted by atomic mass is 10.0. The molecule has 0 saturated carbocycles. The molecule has 1 amide bonds. The molecule has 5 nitrogen and oxygen atoms in total. The number of hydrogen-bond acceptors (Lipinski definition) is 3. The van der Waals surface area contributed by atoms with Crippen molar-refractivity contribution in [2.45, 2.75) is 25.4 Å². The van der Waals surface area contributed by atoms with Gasteiger partial charge in [0.1, 0.15) is 5.75 Å². The molecule has 5 heteroatoms. The summed E-state index contributed by atoms with van der Waals surface area (Å²) >= 11 is 0. The smallest absolute Gasteiger partial charge is 0.335 e. The number of carboxylic acids is 1. The second kappa shape index (κ2) is 8.82. The van der Waals surface area contributed by atoms with E-state index in [1.807, 2.05) is 48.5 Å². The molecule has 1 aliphatic heterocycles. The minimum atomic E-state index is -1.02. The average Bonchev–Trinajstić information content (AvgIpc) is 2.77. The van der Waals surface area contributed by atoms with Gasteiger partial charge in [0.25, 0.3) is 5.91 Å². The number of carbonyl (C=O) groups excluding carboxylic acids is 1. The summed E-state index contributed by atoms with van der Waals surface area (Å²) in [5.41, 5.74) is 2.99. The van der Waals surface area contributed by atoms with Crippen LogP contribution in [0.15, 0.2) is 78.9 Å². The van der Waals surface area contributed by atoms with Gasteiger partial charge < -0.3 is 14.7 Å². The minimum Gasteiger partial charge on any atom is -0.478 e. The number of anilines is 1. The van der Waals surface area contributed by atoms with Crippen molar-refractivity contribution < 1.29 is 19.4 Å². The number of amides is 1. The Bertz CT molecular complexity index is 1030. The summed E-state index contributed by atoms with van der Waals surface area (Å²) in [6, 6.07) is 24.5. The highest BCUT2D eigenvalue weighted by Gasteiger charge is 2.34. The molecule has 1 atom stereocenters. The van der Waals surface area contributed by atoms with Crippen molar-refractivity contribution in [2.24, 2.45) is 0 Å². The SMILES string of the molecule is O=C(O)c1ccc2c(c1)OC(Cc1ccccc1)C(=O)N2CCCc1ccccc1. The van der Waals surface area contributed by atoms with Crippen LogP contribution in [0.5, 0.6) is 5.75 Å². The number of rotatable bonds is 7. The van der Waals surface area contributed by atoms with E-state index >= 15 is 0 Å². The molecule has 1 unspecified atom stereocenters. The van der Waals surface area contributed by atoms with Gasteiger partial charge in [-0.3, -0.25) is 4.79 Å². The number of carbonyl (C=O) groups is 2. The fourth-order valence-electron chi connectivity index (χ4n) is 3.73. The van der Waals surface area contributed by atoms with Gasteiger partial charge in [-0.05, 0) is 42.2 Å². The molecule has 0 bridgehead atoms. The molecular formula is C25H23NO4. The molecule has 3 aromatic carbocycles. The van der Waals surface area contributed by atoms with Gasteiger partial charge in [0.2, 0.25) is 0 Å². The summed E-state index contributed by atoms with van der Waals surface area (Å²) in [6.45, 7) is 0.543. The van der Waals surface area contributed by atoms with Crippen LogP contribution in [0.2, 0.25) is 0 Å². The predicted octanol–water partition coefficient (Wildman–Crippen LogP) is 4.35. The third-order valence-corrected chi connectivity index (χ3v) is 5.26. The highest BCUT2D eigenvalue weighted by atomic mass is 16.5. The highest BCUT2D eigenvalue weighted by Crippen LogP contribution is 2.36. The van der Waals surface area contributed by atoms with Crippen molar-refractivity contribution >= 4 is 17.6 Å². The maximum atomic E-state index is 13.2. The lowest BCUT2D eigenvalue weighted by Crippen LogP contribution is -2.47. The largest absolute Gasteiger partial charge is 0.478 e. The van der Waals surface area contributed by atoms with E-state index in [2.05, 4.69) is 12.1 Å². The second-order valence-electron chi connectivity index (χ2n) is 7.36. The van der Waals surface area contributed by atoms with E-state index in [1.165, 1.54) is 17.7 Å². The topological polar surface area (TPSA) is 66.8 Å². The van der Waals surface area contributed by atoms with Gasteiger partial charge in [-0.15, -0.1) is 0 Å². The van der Waals surface area contributed by atoms with Gasteiger partial charge in [-0.2, -0.15) is 0 Å². The van der Waals surface area contributed by atoms with Gasteiger partial charge in [0, 0.05) is 13.0 Å². The van der Waals surface area contributed by atoms with Gasteiger partial charge in [0.15, 0.2) is 6.10 Å². The van der Waals surface area contributed by atoms with Crippen LogP contribution in [0.25, 0.3) is 0 Å². The molecule has 0 radical (unpaired) electrons. The quantitative estimate of drug-likeness (QED) is 0.639. The summed E-state index contributed by atoms with van der Waals surface area (Å²) in [4.78, 5) is 26.4. The second-order valence-corrected chi connectivity index (χ2v) is 7.36. The van der Waals surface area contributed by atoms with E-state index in [4.69, 9.17) is 4.74 Å². The molecular weight excluding hydrogens is 378 g/mol.